The van der Waals surface area contributed by atoms with Crippen molar-refractivity contribution in [2.45, 2.75) is 26.3 Å². The molecule has 25 heavy (non-hydrogen) atoms. The van der Waals surface area contributed by atoms with Crippen LogP contribution in [0, 0.1) is 0 Å². The SMILES string of the molecule is CCCCNC(=O)c1snc(C(=O)NCc2ccc(OC)cc2)c1N. The number of ether oxygens (including phenoxy) is 1. The maximum absolute atomic E-state index is 12.3. The maximum Gasteiger partial charge on any atom is 0.273 e. The van der Waals surface area contributed by atoms with Crippen molar-refractivity contribution in [3.8, 4) is 5.75 Å². The molecule has 8 heteroatoms. The molecule has 0 saturated carbocycles. The van der Waals surface area contributed by atoms with Crippen molar-refractivity contribution in [2.75, 3.05) is 19.4 Å². The van der Waals surface area contributed by atoms with Gasteiger partial charge in [0.15, 0.2) is 5.69 Å². The summed E-state index contributed by atoms with van der Waals surface area (Å²) < 4.78 is 9.12. The minimum atomic E-state index is -0.405. The fourth-order valence-electron chi connectivity index (χ4n) is 2.09. The molecule has 0 spiro atoms. The number of aromatic nitrogens is 1. The van der Waals surface area contributed by atoms with Crippen molar-refractivity contribution < 1.29 is 14.3 Å². The highest BCUT2D eigenvalue weighted by Gasteiger charge is 2.21. The van der Waals surface area contributed by atoms with E-state index in [0.717, 1.165) is 35.7 Å². The monoisotopic (exact) mass is 362 g/mol. The van der Waals surface area contributed by atoms with E-state index in [1.54, 1.807) is 7.11 Å². The van der Waals surface area contributed by atoms with Gasteiger partial charge in [0, 0.05) is 13.1 Å². The van der Waals surface area contributed by atoms with Crippen LogP contribution in [0.1, 0.15) is 45.5 Å². The van der Waals surface area contributed by atoms with Crippen LogP contribution in [0.4, 0.5) is 5.69 Å². The molecule has 0 atom stereocenters. The Kier molecular flexibility index (Phi) is 6.76. The largest absolute Gasteiger partial charge is 0.497 e. The molecule has 0 aliphatic carbocycles. The smallest absolute Gasteiger partial charge is 0.273 e. The lowest BCUT2D eigenvalue weighted by Gasteiger charge is -2.06. The molecular weight excluding hydrogens is 340 g/mol. The van der Waals surface area contributed by atoms with E-state index < -0.39 is 5.91 Å². The van der Waals surface area contributed by atoms with Crippen LogP contribution in [0.15, 0.2) is 24.3 Å². The van der Waals surface area contributed by atoms with Crippen LogP contribution in [0.5, 0.6) is 5.75 Å². The van der Waals surface area contributed by atoms with Crippen molar-refractivity contribution in [3.63, 3.8) is 0 Å². The Bertz CT molecular complexity index is 728. The summed E-state index contributed by atoms with van der Waals surface area (Å²) in [5.41, 5.74) is 7.04. The van der Waals surface area contributed by atoms with Gasteiger partial charge in [0.25, 0.3) is 11.8 Å². The quantitative estimate of drug-likeness (QED) is 0.624. The standard InChI is InChI=1S/C17H22N4O3S/c1-3-4-9-19-17(23)15-13(18)14(21-25-15)16(22)20-10-11-5-7-12(24-2)8-6-11/h5-8H,3-4,9-10,18H2,1-2H3,(H,19,23)(H,20,22). The van der Waals surface area contributed by atoms with E-state index in [9.17, 15) is 9.59 Å². The van der Waals surface area contributed by atoms with Gasteiger partial charge in [-0.05, 0) is 35.6 Å². The molecule has 2 amide bonds. The molecule has 4 N–H and O–H groups in total. The lowest BCUT2D eigenvalue weighted by Crippen LogP contribution is -2.26. The van der Waals surface area contributed by atoms with Crippen LogP contribution in [0.2, 0.25) is 0 Å². The Morgan fingerprint density at radius 2 is 1.92 bits per heavy atom. The number of benzene rings is 1. The Morgan fingerprint density at radius 3 is 2.56 bits per heavy atom. The molecule has 1 heterocycles. The molecule has 0 aliphatic heterocycles. The summed E-state index contributed by atoms with van der Waals surface area (Å²) in [4.78, 5) is 24.6. The van der Waals surface area contributed by atoms with Gasteiger partial charge in [0.2, 0.25) is 0 Å². The van der Waals surface area contributed by atoms with E-state index in [4.69, 9.17) is 10.5 Å². The maximum atomic E-state index is 12.3. The van der Waals surface area contributed by atoms with Crippen LogP contribution in [-0.4, -0.2) is 29.8 Å². The average Bonchev–Trinajstić information content (AvgIpc) is 3.02. The number of anilines is 1. The molecule has 0 bridgehead atoms. The molecule has 0 radical (unpaired) electrons. The highest BCUT2D eigenvalue weighted by molar-refractivity contribution is 7.09. The van der Waals surface area contributed by atoms with Gasteiger partial charge in [-0.15, -0.1) is 0 Å². The second-order valence-electron chi connectivity index (χ2n) is 5.41. The van der Waals surface area contributed by atoms with Crippen LogP contribution >= 0.6 is 11.5 Å². The van der Waals surface area contributed by atoms with E-state index in [1.807, 2.05) is 31.2 Å². The molecule has 7 nitrogen and oxygen atoms in total. The Hall–Kier alpha value is -2.61. The van der Waals surface area contributed by atoms with E-state index >= 15 is 0 Å². The summed E-state index contributed by atoms with van der Waals surface area (Å²) in [6.07, 6.45) is 1.87. The Balaban J connectivity index is 1.96. The number of nitrogens with one attached hydrogen (secondary N) is 2. The first-order valence-corrected chi connectivity index (χ1v) is 8.78. The number of carbonyl (C=O) groups is 2. The van der Waals surface area contributed by atoms with Gasteiger partial charge in [-0.1, -0.05) is 25.5 Å². The first kappa shape index (κ1) is 18.7. The number of carbonyl (C=O) groups excluding carboxylic acids is 2. The van der Waals surface area contributed by atoms with Gasteiger partial charge in [0.05, 0.1) is 12.8 Å². The average molecular weight is 362 g/mol. The third-order valence-electron chi connectivity index (χ3n) is 3.58. The van der Waals surface area contributed by atoms with Crippen molar-refractivity contribution in [3.05, 3.63) is 40.4 Å². The number of hydrogen-bond donors (Lipinski definition) is 3. The summed E-state index contributed by atoms with van der Waals surface area (Å²) >= 11 is 0.933. The zero-order chi connectivity index (χ0) is 18.2. The van der Waals surface area contributed by atoms with Gasteiger partial charge >= 0.3 is 0 Å². The van der Waals surface area contributed by atoms with Crippen LogP contribution in [0.3, 0.4) is 0 Å². The second kappa shape index (κ2) is 9.03. The molecule has 1 aromatic carbocycles. The van der Waals surface area contributed by atoms with Gasteiger partial charge in [-0.2, -0.15) is 4.37 Å². The van der Waals surface area contributed by atoms with E-state index in [-0.39, 0.29) is 22.2 Å². The number of nitrogen functional groups attached to an aromatic ring is 1. The van der Waals surface area contributed by atoms with Crippen LogP contribution < -0.4 is 21.1 Å². The van der Waals surface area contributed by atoms with Gasteiger partial charge in [0.1, 0.15) is 10.6 Å². The predicted molar refractivity (Wildman–Crippen MR) is 97.9 cm³/mol. The fourth-order valence-corrected chi connectivity index (χ4v) is 2.81. The summed E-state index contributed by atoms with van der Waals surface area (Å²) in [6.45, 7) is 2.95. The van der Waals surface area contributed by atoms with E-state index in [1.165, 1.54) is 0 Å². The molecule has 0 unspecified atom stereocenters. The summed E-state index contributed by atoms with van der Waals surface area (Å²) in [7, 11) is 1.60. The first-order chi connectivity index (χ1) is 12.1. The predicted octanol–water partition coefficient (Wildman–Crippen LogP) is 2.19. The molecule has 2 rings (SSSR count). The molecular formula is C17H22N4O3S. The number of nitrogens with zero attached hydrogens (tertiary/aromatic N) is 1. The number of rotatable bonds is 8. The highest BCUT2D eigenvalue weighted by atomic mass is 32.1. The van der Waals surface area contributed by atoms with Crippen LogP contribution in [0.25, 0.3) is 0 Å². The van der Waals surface area contributed by atoms with E-state index in [2.05, 4.69) is 15.0 Å². The van der Waals surface area contributed by atoms with Crippen molar-refractivity contribution >= 4 is 29.0 Å². The van der Waals surface area contributed by atoms with E-state index in [0.29, 0.717) is 13.1 Å². The highest BCUT2D eigenvalue weighted by Crippen LogP contribution is 2.21. The molecule has 0 aliphatic rings. The van der Waals surface area contributed by atoms with Gasteiger partial charge < -0.3 is 21.1 Å². The fraction of sp³-hybridized carbons (Fsp3) is 0.353. The minimum Gasteiger partial charge on any atom is -0.497 e. The Labute approximate surface area is 150 Å². The number of unbranched alkanes of at least 4 members (excludes halogenated alkanes) is 1. The number of nitrogens with two attached hydrogens (primary N) is 1. The molecule has 0 fully saturated rings. The third kappa shape index (κ3) is 4.93. The number of hydrogen-bond acceptors (Lipinski definition) is 6. The van der Waals surface area contributed by atoms with Crippen LogP contribution in [-0.2, 0) is 6.54 Å². The normalized spacial score (nSPS) is 10.3. The second-order valence-corrected chi connectivity index (χ2v) is 6.19. The van der Waals surface area contributed by atoms with Gasteiger partial charge in [-0.25, -0.2) is 0 Å². The molecule has 1 aromatic heterocycles. The Morgan fingerprint density at radius 1 is 1.20 bits per heavy atom. The van der Waals surface area contributed by atoms with Crippen molar-refractivity contribution in [1.29, 1.82) is 0 Å². The minimum absolute atomic E-state index is 0.0825. The summed E-state index contributed by atoms with van der Waals surface area (Å²) in [5.74, 6) is 0.0485. The molecule has 134 valence electrons. The summed E-state index contributed by atoms with van der Waals surface area (Å²) in [5, 5.41) is 5.52. The molecule has 2 aromatic rings. The zero-order valence-electron chi connectivity index (χ0n) is 14.3. The van der Waals surface area contributed by atoms with Gasteiger partial charge in [-0.3, -0.25) is 9.59 Å². The molecule has 0 saturated heterocycles. The number of methoxy groups -OCH3 is 1. The lowest BCUT2D eigenvalue weighted by atomic mass is 10.2. The lowest BCUT2D eigenvalue weighted by molar-refractivity contribution is 0.0947. The summed E-state index contributed by atoms with van der Waals surface area (Å²) in [6, 6.07) is 7.35. The van der Waals surface area contributed by atoms with Crippen molar-refractivity contribution in [1.82, 2.24) is 15.0 Å². The van der Waals surface area contributed by atoms with Crippen molar-refractivity contribution in [2.24, 2.45) is 0 Å². The third-order valence-corrected chi connectivity index (χ3v) is 4.44. The number of amides is 2. The first-order valence-electron chi connectivity index (χ1n) is 8.01. The zero-order valence-corrected chi connectivity index (χ0v) is 15.1. The topological polar surface area (TPSA) is 106 Å².